The first-order valence-corrected chi connectivity index (χ1v) is 6.56. The zero-order valence-electron chi connectivity index (χ0n) is 9.97. The Hall–Kier alpha value is -1.23. The van der Waals surface area contributed by atoms with E-state index in [-0.39, 0.29) is 0 Å². The minimum atomic E-state index is 0.502. The third-order valence-electron chi connectivity index (χ3n) is 2.54. The summed E-state index contributed by atoms with van der Waals surface area (Å²) >= 11 is 1.74. The van der Waals surface area contributed by atoms with E-state index in [0.717, 1.165) is 24.5 Å². The minimum Gasteiger partial charge on any atom is -0.325 e. The van der Waals surface area contributed by atoms with Gasteiger partial charge < -0.3 is 5.73 Å². The highest BCUT2D eigenvalue weighted by Crippen LogP contribution is 2.10. The van der Waals surface area contributed by atoms with Crippen molar-refractivity contribution in [2.75, 3.05) is 7.05 Å². The summed E-state index contributed by atoms with van der Waals surface area (Å²) < 4.78 is 0. The van der Waals surface area contributed by atoms with Crippen molar-refractivity contribution in [3.05, 3.63) is 52.0 Å². The summed E-state index contributed by atoms with van der Waals surface area (Å²) in [5.74, 6) is 0. The summed E-state index contributed by atoms with van der Waals surface area (Å²) in [7, 11) is 2.11. The van der Waals surface area contributed by atoms with Gasteiger partial charge in [-0.3, -0.25) is 9.88 Å². The van der Waals surface area contributed by atoms with Crippen molar-refractivity contribution in [3.8, 4) is 0 Å². The van der Waals surface area contributed by atoms with Gasteiger partial charge in [0, 0.05) is 19.6 Å². The van der Waals surface area contributed by atoms with Gasteiger partial charge in [-0.15, -0.1) is 0 Å². The summed E-state index contributed by atoms with van der Waals surface area (Å²) in [6, 6.07) is 8.18. The second kappa shape index (κ2) is 5.91. The molecule has 0 bridgehead atoms. The average Bonchev–Trinajstić information content (AvgIpc) is 2.82. The first-order chi connectivity index (χ1) is 8.28. The smallest absolute Gasteiger partial charge is 0.0547 e. The molecule has 2 aromatic heterocycles. The third kappa shape index (κ3) is 3.63. The number of thiophene rings is 1. The van der Waals surface area contributed by atoms with E-state index >= 15 is 0 Å². The number of nitrogens with two attached hydrogens (primary N) is 1. The van der Waals surface area contributed by atoms with E-state index in [2.05, 4.69) is 33.8 Å². The van der Waals surface area contributed by atoms with Gasteiger partial charge in [-0.2, -0.15) is 11.3 Å². The predicted molar refractivity (Wildman–Crippen MR) is 71.6 cm³/mol. The average molecular weight is 247 g/mol. The van der Waals surface area contributed by atoms with Gasteiger partial charge in [-0.05, 0) is 41.6 Å². The van der Waals surface area contributed by atoms with E-state index in [1.165, 1.54) is 5.56 Å². The van der Waals surface area contributed by atoms with Crippen LogP contribution in [-0.4, -0.2) is 16.9 Å². The fraction of sp³-hybridized carbons (Fsp3) is 0.308. The van der Waals surface area contributed by atoms with Crippen LogP contribution in [0.3, 0.4) is 0 Å². The van der Waals surface area contributed by atoms with E-state index < -0.39 is 0 Å². The lowest BCUT2D eigenvalue weighted by atomic mass is 10.2. The highest BCUT2D eigenvalue weighted by molar-refractivity contribution is 7.07. The molecule has 17 heavy (non-hydrogen) atoms. The van der Waals surface area contributed by atoms with E-state index in [1.807, 2.05) is 18.2 Å². The molecule has 0 saturated heterocycles. The van der Waals surface area contributed by atoms with E-state index in [1.54, 1.807) is 11.3 Å². The van der Waals surface area contributed by atoms with Crippen LogP contribution in [0.1, 0.15) is 17.0 Å². The van der Waals surface area contributed by atoms with Crippen molar-refractivity contribution >= 4 is 11.3 Å². The monoisotopic (exact) mass is 247 g/mol. The summed E-state index contributed by atoms with van der Waals surface area (Å²) in [6.07, 6.45) is 0. The van der Waals surface area contributed by atoms with Gasteiger partial charge in [0.25, 0.3) is 0 Å². The summed E-state index contributed by atoms with van der Waals surface area (Å²) in [5.41, 5.74) is 8.96. The van der Waals surface area contributed by atoms with Gasteiger partial charge in [-0.25, -0.2) is 0 Å². The number of nitrogens with zero attached hydrogens (tertiary/aromatic N) is 2. The molecule has 2 N–H and O–H groups in total. The van der Waals surface area contributed by atoms with Crippen LogP contribution < -0.4 is 5.73 Å². The van der Waals surface area contributed by atoms with Crippen LogP contribution in [0.5, 0.6) is 0 Å². The van der Waals surface area contributed by atoms with E-state index in [4.69, 9.17) is 5.73 Å². The normalized spacial score (nSPS) is 11.0. The Morgan fingerprint density at radius 3 is 2.76 bits per heavy atom. The molecule has 0 aliphatic rings. The summed E-state index contributed by atoms with van der Waals surface area (Å²) in [5, 5.41) is 4.29. The highest BCUT2D eigenvalue weighted by Gasteiger charge is 2.03. The molecule has 3 nitrogen and oxygen atoms in total. The zero-order valence-corrected chi connectivity index (χ0v) is 10.8. The van der Waals surface area contributed by atoms with Crippen molar-refractivity contribution in [2.24, 2.45) is 5.73 Å². The maximum Gasteiger partial charge on any atom is 0.0547 e. The molecule has 0 saturated carbocycles. The number of hydrogen-bond donors (Lipinski definition) is 1. The molecular formula is C13H17N3S. The van der Waals surface area contributed by atoms with Gasteiger partial charge in [0.2, 0.25) is 0 Å². The first kappa shape index (κ1) is 12.2. The Morgan fingerprint density at radius 1 is 1.24 bits per heavy atom. The SMILES string of the molecule is CN(Cc1ccsc1)Cc1cccc(CN)n1. The van der Waals surface area contributed by atoms with Gasteiger partial charge in [0.05, 0.1) is 11.4 Å². The fourth-order valence-corrected chi connectivity index (χ4v) is 2.42. The van der Waals surface area contributed by atoms with Crippen molar-refractivity contribution in [1.82, 2.24) is 9.88 Å². The largest absolute Gasteiger partial charge is 0.325 e. The molecular weight excluding hydrogens is 230 g/mol. The van der Waals surface area contributed by atoms with Crippen molar-refractivity contribution in [1.29, 1.82) is 0 Å². The first-order valence-electron chi connectivity index (χ1n) is 5.62. The minimum absolute atomic E-state index is 0.502. The molecule has 0 aromatic carbocycles. The standard InChI is InChI=1S/C13H17N3S/c1-16(8-11-5-6-17-10-11)9-13-4-2-3-12(7-14)15-13/h2-6,10H,7-9,14H2,1H3. The van der Waals surface area contributed by atoms with Crippen LogP contribution in [0.25, 0.3) is 0 Å². The van der Waals surface area contributed by atoms with Gasteiger partial charge in [-0.1, -0.05) is 6.07 Å². The van der Waals surface area contributed by atoms with Crippen LogP contribution in [0.2, 0.25) is 0 Å². The highest BCUT2D eigenvalue weighted by atomic mass is 32.1. The molecule has 0 radical (unpaired) electrons. The molecule has 0 amide bonds. The second-order valence-corrected chi connectivity index (χ2v) is 4.91. The zero-order chi connectivity index (χ0) is 12.1. The van der Waals surface area contributed by atoms with Crippen LogP contribution in [0.4, 0.5) is 0 Å². The number of rotatable bonds is 5. The Morgan fingerprint density at radius 2 is 2.06 bits per heavy atom. The molecule has 4 heteroatoms. The molecule has 2 aromatic rings. The molecule has 0 aliphatic heterocycles. The molecule has 0 unspecified atom stereocenters. The second-order valence-electron chi connectivity index (χ2n) is 4.13. The Bertz CT molecular complexity index is 453. The quantitative estimate of drug-likeness (QED) is 0.881. The molecule has 2 heterocycles. The molecule has 0 fully saturated rings. The van der Waals surface area contributed by atoms with Crippen LogP contribution in [0, 0.1) is 0 Å². The van der Waals surface area contributed by atoms with Crippen molar-refractivity contribution in [2.45, 2.75) is 19.6 Å². The maximum atomic E-state index is 5.58. The molecule has 0 atom stereocenters. The van der Waals surface area contributed by atoms with Crippen LogP contribution in [-0.2, 0) is 19.6 Å². The van der Waals surface area contributed by atoms with Gasteiger partial charge in [0.1, 0.15) is 0 Å². The molecule has 90 valence electrons. The summed E-state index contributed by atoms with van der Waals surface area (Å²) in [6.45, 7) is 2.31. The van der Waals surface area contributed by atoms with Gasteiger partial charge >= 0.3 is 0 Å². The fourth-order valence-electron chi connectivity index (χ4n) is 1.76. The number of pyridine rings is 1. The molecule has 0 aliphatic carbocycles. The predicted octanol–water partition coefficient (Wildman–Crippen LogP) is 2.23. The Kier molecular flexibility index (Phi) is 4.25. The van der Waals surface area contributed by atoms with Crippen molar-refractivity contribution < 1.29 is 0 Å². The lowest BCUT2D eigenvalue weighted by molar-refractivity contribution is 0.315. The Labute approximate surface area is 106 Å². The maximum absolute atomic E-state index is 5.58. The van der Waals surface area contributed by atoms with Crippen LogP contribution >= 0.6 is 11.3 Å². The van der Waals surface area contributed by atoms with Crippen LogP contribution in [0.15, 0.2) is 35.0 Å². The van der Waals surface area contributed by atoms with E-state index in [9.17, 15) is 0 Å². The lowest BCUT2D eigenvalue weighted by Crippen LogP contribution is -2.18. The Balaban J connectivity index is 1.95. The molecule has 0 spiro atoms. The number of hydrogen-bond acceptors (Lipinski definition) is 4. The lowest BCUT2D eigenvalue weighted by Gasteiger charge is -2.15. The summed E-state index contributed by atoms with van der Waals surface area (Å²) in [4.78, 5) is 6.75. The topological polar surface area (TPSA) is 42.1 Å². The van der Waals surface area contributed by atoms with E-state index in [0.29, 0.717) is 6.54 Å². The van der Waals surface area contributed by atoms with Gasteiger partial charge in [0.15, 0.2) is 0 Å². The molecule has 2 rings (SSSR count). The number of aromatic nitrogens is 1. The van der Waals surface area contributed by atoms with Crippen molar-refractivity contribution in [3.63, 3.8) is 0 Å². The third-order valence-corrected chi connectivity index (χ3v) is 3.27.